The summed E-state index contributed by atoms with van der Waals surface area (Å²) in [4.78, 5) is 26.3. The number of urea groups is 1. The number of imide groups is 1. The van der Waals surface area contributed by atoms with Crippen molar-refractivity contribution >= 4 is 35.1 Å². The molecule has 2 aromatic carbocycles. The Labute approximate surface area is 144 Å². The minimum absolute atomic E-state index is 0.115. The quantitative estimate of drug-likeness (QED) is 0.853. The third kappa shape index (κ3) is 2.69. The molecule has 1 aliphatic heterocycles. The van der Waals surface area contributed by atoms with Crippen LogP contribution in [-0.2, 0) is 16.9 Å². The Balaban J connectivity index is 1.94. The summed E-state index contributed by atoms with van der Waals surface area (Å²) < 4.78 is 0. The molecule has 6 heteroatoms. The number of carbonyl (C=O) groups is 2. The average molecular weight is 349 g/mol. The summed E-state index contributed by atoms with van der Waals surface area (Å²) in [5.74, 6) is -0.351. The number of rotatable bonds is 3. The fourth-order valence-corrected chi connectivity index (χ4v) is 3.21. The van der Waals surface area contributed by atoms with Crippen LogP contribution in [0, 0.1) is 0 Å². The molecule has 118 valence electrons. The van der Waals surface area contributed by atoms with Gasteiger partial charge in [-0.3, -0.25) is 9.69 Å². The van der Waals surface area contributed by atoms with E-state index in [0.717, 1.165) is 4.90 Å². The first-order valence-electron chi connectivity index (χ1n) is 7.06. The minimum Gasteiger partial charge on any atom is -0.319 e. The molecule has 0 saturated carbocycles. The van der Waals surface area contributed by atoms with E-state index in [1.165, 1.54) is 0 Å². The van der Waals surface area contributed by atoms with E-state index in [2.05, 4.69) is 5.32 Å². The number of amides is 3. The lowest BCUT2D eigenvalue weighted by Crippen LogP contribution is -2.41. The number of carbonyl (C=O) groups excluding carboxylic acids is 2. The highest BCUT2D eigenvalue weighted by Gasteiger charge is 2.49. The SMILES string of the molecule is C[C@@]1(c2ccccc2Cl)NC(=O)N(Cc2ccccc2Cl)C1=O. The predicted octanol–water partition coefficient (Wildman–Crippen LogP) is 3.96. The molecule has 3 amide bonds. The summed E-state index contributed by atoms with van der Waals surface area (Å²) >= 11 is 12.3. The van der Waals surface area contributed by atoms with E-state index in [1.54, 1.807) is 49.4 Å². The Morgan fingerprint density at radius 3 is 2.26 bits per heavy atom. The molecular weight excluding hydrogens is 335 g/mol. The van der Waals surface area contributed by atoms with Crippen LogP contribution < -0.4 is 5.32 Å². The first kappa shape index (κ1) is 15.8. The van der Waals surface area contributed by atoms with E-state index in [-0.39, 0.29) is 12.5 Å². The Hall–Kier alpha value is -2.04. The van der Waals surface area contributed by atoms with E-state index >= 15 is 0 Å². The largest absolute Gasteiger partial charge is 0.325 e. The molecule has 0 unspecified atom stereocenters. The molecule has 0 radical (unpaired) electrons. The number of hydrogen-bond acceptors (Lipinski definition) is 2. The van der Waals surface area contributed by atoms with Crippen molar-refractivity contribution in [1.29, 1.82) is 0 Å². The molecule has 2 aromatic rings. The molecule has 1 N–H and O–H groups in total. The standard InChI is InChI=1S/C17H14Cl2N2O2/c1-17(12-7-3-5-9-14(12)19)15(22)21(16(23)20-17)10-11-6-2-4-8-13(11)18/h2-9H,10H2,1H3,(H,20,23)/t17-/m0/s1. The van der Waals surface area contributed by atoms with Crippen LogP contribution in [0.2, 0.25) is 10.0 Å². The van der Waals surface area contributed by atoms with Crippen molar-refractivity contribution in [2.45, 2.75) is 19.0 Å². The zero-order valence-corrected chi connectivity index (χ0v) is 13.9. The zero-order valence-electron chi connectivity index (χ0n) is 12.3. The molecule has 3 rings (SSSR count). The molecule has 1 fully saturated rings. The van der Waals surface area contributed by atoms with Gasteiger partial charge in [0.2, 0.25) is 0 Å². The van der Waals surface area contributed by atoms with Crippen LogP contribution in [0.4, 0.5) is 4.79 Å². The van der Waals surface area contributed by atoms with Crippen LogP contribution in [0.1, 0.15) is 18.1 Å². The van der Waals surface area contributed by atoms with E-state index < -0.39 is 11.6 Å². The lowest BCUT2D eigenvalue weighted by molar-refractivity contribution is -0.131. The Kier molecular flexibility index (Phi) is 4.04. The molecule has 0 aliphatic carbocycles. The maximum atomic E-state index is 12.8. The average Bonchev–Trinajstić information content (AvgIpc) is 2.74. The first-order valence-corrected chi connectivity index (χ1v) is 7.81. The number of benzene rings is 2. The lowest BCUT2D eigenvalue weighted by atomic mass is 9.92. The van der Waals surface area contributed by atoms with Gasteiger partial charge in [-0.15, -0.1) is 0 Å². The summed E-state index contributed by atoms with van der Waals surface area (Å²) in [5, 5.41) is 3.68. The van der Waals surface area contributed by atoms with Crippen molar-refractivity contribution in [3.8, 4) is 0 Å². The topological polar surface area (TPSA) is 49.4 Å². The third-order valence-electron chi connectivity index (χ3n) is 3.97. The van der Waals surface area contributed by atoms with Gasteiger partial charge in [-0.2, -0.15) is 0 Å². The van der Waals surface area contributed by atoms with Crippen LogP contribution in [-0.4, -0.2) is 16.8 Å². The summed E-state index contributed by atoms with van der Waals surface area (Å²) in [6.07, 6.45) is 0. The molecule has 4 nitrogen and oxygen atoms in total. The maximum absolute atomic E-state index is 12.8. The number of nitrogens with zero attached hydrogens (tertiary/aromatic N) is 1. The fraction of sp³-hybridized carbons (Fsp3) is 0.176. The maximum Gasteiger partial charge on any atom is 0.325 e. The Bertz CT molecular complexity index is 794. The highest BCUT2D eigenvalue weighted by molar-refractivity contribution is 6.32. The van der Waals surface area contributed by atoms with Crippen LogP contribution in [0.25, 0.3) is 0 Å². The summed E-state index contributed by atoms with van der Waals surface area (Å²) in [6.45, 7) is 1.77. The molecule has 1 saturated heterocycles. The van der Waals surface area contributed by atoms with Gasteiger partial charge >= 0.3 is 6.03 Å². The van der Waals surface area contributed by atoms with E-state index in [0.29, 0.717) is 21.2 Å². The van der Waals surface area contributed by atoms with Crippen LogP contribution >= 0.6 is 23.2 Å². The summed E-state index contributed by atoms with van der Waals surface area (Å²) in [6, 6.07) is 13.6. The molecule has 0 aromatic heterocycles. The number of nitrogens with one attached hydrogen (secondary N) is 1. The zero-order chi connectivity index (χ0) is 16.6. The van der Waals surface area contributed by atoms with Gasteiger partial charge in [-0.1, -0.05) is 59.6 Å². The van der Waals surface area contributed by atoms with Crippen molar-refractivity contribution in [2.75, 3.05) is 0 Å². The monoisotopic (exact) mass is 348 g/mol. The van der Waals surface area contributed by atoms with Gasteiger partial charge in [0.25, 0.3) is 5.91 Å². The summed E-state index contributed by atoms with van der Waals surface area (Å²) in [5.41, 5.74) is 0.0965. The molecule has 1 aliphatic rings. The molecule has 0 bridgehead atoms. The molecule has 1 atom stereocenters. The van der Waals surface area contributed by atoms with Crippen LogP contribution in [0.3, 0.4) is 0 Å². The van der Waals surface area contributed by atoms with Gasteiger partial charge in [-0.25, -0.2) is 4.79 Å². The van der Waals surface area contributed by atoms with Gasteiger partial charge in [0.05, 0.1) is 6.54 Å². The second-order valence-corrected chi connectivity index (χ2v) is 6.33. The number of halogens is 2. The minimum atomic E-state index is -1.18. The third-order valence-corrected chi connectivity index (χ3v) is 4.67. The van der Waals surface area contributed by atoms with E-state index in [4.69, 9.17) is 23.2 Å². The smallest absolute Gasteiger partial charge is 0.319 e. The highest BCUT2D eigenvalue weighted by atomic mass is 35.5. The highest BCUT2D eigenvalue weighted by Crippen LogP contribution is 2.34. The van der Waals surface area contributed by atoms with Crippen LogP contribution in [0.15, 0.2) is 48.5 Å². The van der Waals surface area contributed by atoms with Gasteiger partial charge in [0, 0.05) is 15.6 Å². The Morgan fingerprint density at radius 1 is 1.00 bits per heavy atom. The van der Waals surface area contributed by atoms with E-state index in [1.807, 2.05) is 6.07 Å². The van der Waals surface area contributed by atoms with E-state index in [9.17, 15) is 9.59 Å². The van der Waals surface area contributed by atoms with Gasteiger partial charge < -0.3 is 5.32 Å². The molecule has 23 heavy (non-hydrogen) atoms. The molecular formula is C17H14Cl2N2O2. The second kappa shape index (κ2) is 5.87. The lowest BCUT2D eigenvalue weighted by Gasteiger charge is -2.23. The number of hydrogen-bond donors (Lipinski definition) is 1. The van der Waals surface area contributed by atoms with Crippen LogP contribution in [0.5, 0.6) is 0 Å². The first-order chi connectivity index (χ1) is 10.9. The van der Waals surface area contributed by atoms with Gasteiger partial charge in [0.15, 0.2) is 0 Å². The van der Waals surface area contributed by atoms with Crippen molar-refractivity contribution in [2.24, 2.45) is 0 Å². The van der Waals surface area contributed by atoms with Gasteiger partial charge in [-0.05, 0) is 24.6 Å². The molecule has 1 heterocycles. The summed E-state index contributed by atoms with van der Waals surface area (Å²) in [7, 11) is 0. The second-order valence-electron chi connectivity index (χ2n) is 5.52. The normalized spacial score (nSPS) is 20.7. The fourth-order valence-electron chi connectivity index (χ4n) is 2.69. The van der Waals surface area contributed by atoms with Crippen molar-refractivity contribution in [3.63, 3.8) is 0 Å². The van der Waals surface area contributed by atoms with Crippen molar-refractivity contribution in [1.82, 2.24) is 10.2 Å². The van der Waals surface area contributed by atoms with Gasteiger partial charge in [0.1, 0.15) is 5.54 Å². The molecule has 0 spiro atoms. The van der Waals surface area contributed by atoms with Crippen molar-refractivity contribution in [3.05, 3.63) is 69.7 Å². The predicted molar refractivity (Wildman–Crippen MR) is 89.3 cm³/mol. The van der Waals surface area contributed by atoms with Crippen molar-refractivity contribution < 1.29 is 9.59 Å². The Morgan fingerprint density at radius 2 is 1.61 bits per heavy atom.